The number of fused-ring (bicyclic) bond motifs is 2. The van der Waals surface area contributed by atoms with Gasteiger partial charge in [-0.05, 0) is 59.6 Å². The van der Waals surface area contributed by atoms with Gasteiger partial charge >= 0.3 is 0 Å². The van der Waals surface area contributed by atoms with E-state index in [1.165, 1.54) is 10.5 Å². The van der Waals surface area contributed by atoms with Crippen molar-refractivity contribution < 1.29 is 9.59 Å². The van der Waals surface area contributed by atoms with Crippen LogP contribution in [-0.2, 0) is 16.0 Å². The third-order valence-corrected chi connectivity index (χ3v) is 7.06. The second-order valence-corrected chi connectivity index (χ2v) is 9.03. The quantitative estimate of drug-likeness (QED) is 0.604. The fraction of sp³-hybridized carbons (Fsp3) is 0.304. The first kappa shape index (κ1) is 18.8. The number of thiophene rings is 1. The molecule has 2 unspecified atom stereocenters. The van der Waals surface area contributed by atoms with Gasteiger partial charge in [0.25, 0.3) is 0 Å². The summed E-state index contributed by atoms with van der Waals surface area (Å²) in [5, 5.41) is 3.50. The number of allylic oxidation sites excluding steroid dienone is 1. The van der Waals surface area contributed by atoms with E-state index in [2.05, 4.69) is 21.2 Å². The van der Waals surface area contributed by atoms with Crippen LogP contribution in [0.25, 0.3) is 16.5 Å². The van der Waals surface area contributed by atoms with Gasteiger partial charge in [0.05, 0.1) is 6.57 Å². The van der Waals surface area contributed by atoms with Crippen molar-refractivity contribution in [2.75, 3.05) is 18.4 Å². The molecule has 5 rings (SSSR count). The maximum Gasteiger partial charge on any atom is 0.246 e. The lowest BCUT2D eigenvalue weighted by Gasteiger charge is -2.16. The van der Waals surface area contributed by atoms with Crippen molar-refractivity contribution >= 4 is 45.6 Å². The molecule has 0 bridgehead atoms. The Hall–Kier alpha value is -3.24. The molecule has 0 spiro atoms. The molecule has 1 N–H and O–H groups in total. The number of carbonyl (C=O) groups is 2. The van der Waals surface area contributed by atoms with Crippen LogP contribution in [0.2, 0.25) is 0 Å². The van der Waals surface area contributed by atoms with E-state index in [-0.39, 0.29) is 11.8 Å². The van der Waals surface area contributed by atoms with Gasteiger partial charge in [-0.2, -0.15) is 11.3 Å². The minimum Gasteiger partial charge on any atom is -0.338 e. The van der Waals surface area contributed by atoms with Crippen LogP contribution in [0.3, 0.4) is 0 Å². The first-order chi connectivity index (χ1) is 14.6. The number of rotatable bonds is 3. The summed E-state index contributed by atoms with van der Waals surface area (Å²) < 4.78 is 0. The zero-order chi connectivity index (χ0) is 20.7. The average molecular weight is 417 g/mol. The predicted molar refractivity (Wildman–Crippen MR) is 117 cm³/mol. The number of nitrogens with zero attached hydrogens (tertiary/aromatic N) is 3. The fourth-order valence-corrected chi connectivity index (χ4v) is 5.30. The molecule has 0 aromatic carbocycles. The molecule has 1 aliphatic carbocycles. The largest absolute Gasteiger partial charge is 0.338 e. The van der Waals surface area contributed by atoms with E-state index < -0.39 is 0 Å². The average Bonchev–Trinajstić information content (AvgIpc) is 3.46. The highest BCUT2D eigenvalue weighted by Crippen LogP contribution is 2.43. The van der Waals surface area contributed by atoms with Crippen LogP contribution < -0.4 is 5.32 Å². The van der Waals surface area contributed by atoms with E-state index in [1.807, 2.05) is 23.1 Å². The molecule has 0 radical (unpaired) electrons. The number of anilines is 1. The smallest absolute Gasteiger partial charge is 0.246 e. The van der Waals surface area contributed by atoms with Gasteiger partial charge in [-0.15, -0.1) is 0 Å². The first-order valence-corrected chi connectivity index (χ1v) is 10.8. The van der Waals surface area contributed by atoms with Crippen LogP contribution in [-0.4, -0.2) is 34.8 Å². The number of aryl methyl sites for hydroxylation is 1. The van der Waals surface area contributed by atoms with E-state index in [1.54, 1.807) is 29.7 Å². The van der Waals surface area contributed by atoms with Gasteiger partial charge in [0.1, 0.15) is 5.82 Å². The molecule has 4 heterocycles. The SMILES string of the molecule is [C-]#[N+]c1ccc(C2=CC3CN(C(=O)/C=C/c4cnc5c(c4)CCC(=O)N5)CC3C2)s1. The predicted octanol–water partition coefficient (Wildman–Crippen LogP) is 4.15. The molecule has 2 aliphatic heterocycles. The minimum absolute atomic E-state index is 0.00355. The molecule has 0 saturated carbocycles. The van der Waals surface area contributed by atoms with Gasteiger partial charge < -0.3 is 10.2 Å². The van der Waals surface area contributed by atoms with E-state index in [0.29, 0.717) is 30.5 Å². The van der Waals surface area contributed by atoms with Crippen LogP contribution in [0.15, 0.2) is 36.5 Å². The summed E-state index contributed by atoms with van der Waals surface area (Å²) >= 11 is 1.55. The van der Waals surface area contributed by atoms with Crippen LogP contribution in [0.1, 0.15) is 28.8 Å². The summed E-state index contributed by atoms with van der Waals surface area (Å²) in [6.07, 6.45) is 9.52. The molecular formula is C23H20N4O2S. The number of amides is 2. The number of likely N-dealkylation sites (tertiary alicyclic amines) is 1. The van der Waals surface area contributed by atoms with E-state index >= 15 is 0 Å². The second-order valence-electron chi connectivity index (χ2n) is 7.97. The van der Waals surface area contributed by atoms with Crippen molar-refractivity contribution in [1.29, 1.82) is 0 Å². The summed E-state index contributed by atoms with van der Waals surface area (Å²) in [4.78, 5) is 35.0. The lowest BCUT2D eigenvalue weighted by atomic mass is 10.00. The van der Waals surface area contributed by atoms with Gasteiger partial charge in [0.15, 0.2) is 0 Å². The molecule has 2 atom stereocenters. The summed E-state index contributed by atoms with van der Waals surface area (Å²) in [7, 11) is 0. The van der Waals surface area contributed by atoms with Gasteiger partial charge in [-0.1, -0.05) is 12.1 Å². The Morgan fingerprint density at radius 1 is 1.33 bits per heavy atom. The third kappa shape index (κ3) is 3.55. The zero-order valence-corrected chi connectivity index (χ0v) is 17.1. The zero-order valence-electron chi connectivity index (χ0n) is 16.3. The standard InChI is InChI=1S/C23H20N4O2S/c1-24-21-6-4-19(30-21)16-9-17-12-27(13-18(17)10-16)22(29)7-2-14-8-15-3-5-20(28)26-23(15)25-11-14/h2,4,6-9,11,17-18H,3,5,10,12-13H2,(H,25,26,28)/b7-2+. The Bertz CT molecular complexity index is 1140. The fourth-order valence-electron chi connectivity index (χ4n) is 4.47. The molecule has 1 fully saturated rings. The first-order valence-electron chi connectivity index (χ1n) is 10.0. The van der Waals surface area contributed by atoms with Crippen molar-refractivity contribution in [1.82, 2.24) is 9.88 Å². The number of carbonyl (C=O) groups excluding carboxylic acids is 2. The Morgan fingerprint density at radius 2 is 2.23 bits per heavy atom. The normalized spacial score (nSPS) is 22.4. The van der Waals surface area contributed by atoms with Crippen molar-refractivity contribution in [3.8, 4) is 0 Å². The Kier molecular flexibility index (Phi) is 4.72. The summed E-state index contributed by atoms with van der Waals surface area (Å²) in [5.41, 5.74) is 3.19. The van der Waals surface area contributed by atoms with Crippen LogP contribution in [0, 0.1) is 18.4 Å². The summed E-state index contributed by atoms with van der Waals surface area (Å²) in [5.74, 6) is 1.50. The topological polar surface area (TPSA) is 66.7 Å². The highest BCUT2D eigenvalue weighted by molar-refractivity contribution is 7.17. The molecule has 2 amide bonds. The maximum absolute atomic E-state index is 12.7. The van der Waals surface area contributed by atoms with Crippen molar-refractivity contribution in [3.63, 3.8) is 0 Å². The molecule has 6 nitrogen and oxygen atoms in total. The van der Waals surface area contributed by atoms with Crippen LogP contribution in [0.5, 0.6) is 0 Å². The van der Waals surface area contributed by atoms with E-state index in [9.17, 15) is 9.59 Å². The highest BCUT2D eigenvalue weighted by atomic mass is 32.1. The molecule has 1 saturated heterocycles. The molecule has 7 heteroatoms. The van der Waals surface area contributed by atoms with Crippen molar-refractivity contribution in [3.05, 3.63) is 64.0 Å². The molecule has 2 aromatic heterocycles. The number of hydrogen-bond donors (Lipinski definition) is 1. The van der Waals surface area contributed by atoms with Crippen molar-refractivity contribution in [2.24, 2.45) is 11.8 Å². The van der Waals surface area contributed by atoms with Gasteiger partial charge in [-0.25, -0.2) is 9.83 Å². The molecule has 150 valence electrons. The minimum atomic E-state index is -0.00355. The van der Waals surface area contributed by atoms with Crippen molar-refractivity contribution in [2.45, 2.75) is 19.3 Å². The number of aromatic nitrogens is 1. The Labute approximate surface area is 178 Å². The number of pyridine rings is 1. The van der Waals surface area contributed by atoms with Gasteiger partial charge in [-0.3, -0.25) is 9.59 Å². The highest BCUT2D eigenvalue weighted by Gasteiger charge is 2.38. The van der Waals surface area contributed by atoms with Gasteiger partial charge in [0, 0.05) is 36.7 Å². The Balaban J connectivity index is 1.22. The summed E-state index contributed by atoms with van der Waals surface area (Å²) in [6.45, 7) is 8.64. The van der Waals surface area contributed by atoms with Crippen LogP contribution in [0.4, 0.5) is 10.8 Å². The maximum atomic E-state index is 12.7. The number of hydrogen-bond acceptors (Lipinski definition) is 4. The molecule has 3 aliphatic rings. The molecule has 2 aromatic rings. The number of nitrogens with one attached hydrogen (secondary N) is 1. The van der Waals surface area contributed by atoms with Crippen LogP contribution >= 0.6 is 11.3 Å². The monoisotopic (exact) mass is 416 g/mol. The Morgan fingerprint density at radius 3 is 3.03 bits per heavy atom. The second kappa shape index (κ2) is 7.54. The molecular weight excluding hydrogens is 396 g/mol. The summed E-state index contributed by atoms with van der Waals surface area (Å²) in [6, 6.07) is 5.90. The molecule has 30 heavy (non-hydrogen) atoms. The lowest BCUT2D eigenvalue weighted by molar-refractivity contribution is -0.125. The van der Waals surface area contributed by atoms with E-state index in [4.69, 9.17) is 6.57 Å². The lowest BCUT2D eigenvalue weighted by Crippen LogP contribution is -2.27. The third-order valence-electron chi connectivity index (χ3n) is 6.00. The van der Waals surface area contributed by atoms with Gasteiger partial charge in [0.2, 0.25) is 16.8 Å². The van der Waals surface area contributed by atoms with E-state index in [0.717, 1.165) is 35.6 Å².